The summed E-state index contributed by atoms with van der Waals surface area (Å²) in [6, 6.07) is 5.24. The van der Waals surface area contributed by atoms with Crippen LogP contribution in [-0.4, -0.2) is 78.5 Å². The first-order valence-corrected chi connectivity index (χ1v) is 14.0. The number of likely N-dealkylation sites (N-methyl/N-ethyl adjacent to an activating group) is 1. The third-order valence-electron chi connectivity index (χ3n) is 8.03. The highest BCUT2D eigenvalue weighted by Gasteiger charge is 2.48. The molecule has 1 aliphatic carbocycles. The van der Waals surface area contributed by atoms with E-state index in [9.17, 15) is 14.4 Å². The molecule has 3 fully saturated rings. The highest BCUT2D eigenvalue weighted by molar-refractivity contribution is 6.42. The number of halogens is 2. The van der Waals surface area contributed by atoms with E-state index in [-0.39, 0.29) is 40.5 Å². The van der Waals surface area contributed by atoms with Crippen LogP contribution >= 0.6 is 23.2 Å². The van der Waals surface area contributed by atoms with Crippen LogP contribution in [-0.2, 0) is 14.3 Å². The van der Waals surface area contributed by atoms with Crippen LogP contribution in [0.1, 0.15) is 64.9 Å². The van der Waals surface area contributed by atoms with Crippen LogP contribution in [0, 0.1) is 16.7 Å². The molecule has 0 bridgehead atoms. The molecule has 0 N–H and O–H groups in total. The summed E-state index contributed by atoms with van der Waals surface area (Å²) in [5, 5.41) is 0.911. The number of ether oxygens (including phenoxy) is 1. The SMILES string of the molecule is CN(C(=O)OCC(C)(C)C)[C@H]1CN(C(=O)C2CCN(C(=O)C3(C)CC3)CC2)C[C@@H]1c1ccc(Cl)c(Cl)c1. The Morgan fingerprint density at radius 2 is 1.70 bits per heavy atom. The number of likely N-dealkylation sites (tertiary alicyclic amines) is 2. The van der Waals surface area contributed by atoms with Crippen molar-refractivity contribution in [3.05, 3.63) is 33.8 Å². The summed E-state index contributed by atoms with van der Waals surface area (Å²) in [5.41, 5.74) is 0.603. The van der Waals surface area contributed by atoms with E-state index < -0.39 is 6.09 Å². The predicted molar refractivity (Wildman–Crippen MR) is 145 cm³/mol. The molecule has 3 amide bonds. The maximum atomic E-state index is 13.6. The Morgan fingerprint density at radius 1 is 1.05 bits per heavy atom. The molecule has 2 aliphatic heterocycles. The van der Waals surface area contributed by atoms with Crippen molar-refractivity contribution in [3.63, 3.8) is 0 Å². The van der Waals surface area contributed by atoms with Crippen molar-refractivity contribution in [2.45, 2.75) is 65.3 Å². The van der Waals surface area contributed by atoms with E-state index in [1.54, 1.807) is 18.0 Å². The topological polar surface area (TPSA) is 70.2 Å². The van der Waals surface area contributed by atoms with Gasteiger partial charge < -0.3 is 19.4 Å². The first-order chi connectivity index (χ1) is 17.3. The molecular weight excluding hydrogens is 513 g/mol. The Balaban J connectivity index is 1.46. The van der Waals surface area contributed by atoms with Gasteiger partial charge in [0.15, 0.2) is 0 Å². The van der Waals surface area contributed by atoms with E-state index in [2.05, 4.69) is 0 Å². The first kappa shape index (κ1) is 28.0. The zero-order chi connectivity index (χ0) is 27.1. The molecule has 4 rings (SSSR count). The van der Waals surface area contributed by atoms with Gasteiger partial charge in [-0.15, -0.1) is 0 Å². The number of amides is 3. The minimum Gasteiger partial charge on any atom is -0.449 e. The van der Waals surface area contributed by atoms with Crippen molar-refractivity contribution in [1.29, 1.82) is 0 Å². The molecule has 3 aliphatic rings. The molecule has 37 heavy (non-hydrogen) atoms. The van der Waals surface area contributed by atoms with Gasteiger partial charge in [0.2, 0.25) is 11.8 Å². The molecule has 9 heteroatoms. The van der Waals surface area contributed by atoms with Crippen LogP contribution in [0.3, 0.4) is 0 Å². The monoisotopic (exact) mass is 551 g/mol. The predicted octanol–water partition coefficient (Wildman–Crippen LogP) is 5.44. The number of carbonyl (C=O) groups is 3. The molecule has 2 heterocycles. The normalized spacial score (nSPS) is 23.6. The minimum atomic E-state index is -0.403. The van der Waals surface area contributed by atoms with E-state index >= 15 is 0 Å². The standard InChI is InChI=1S/C28H39Cl2N3O4/c1-27(2,3)17-37-26(36)31(5)23-16-33(15-20(23)19-6-7-21(29)22(30)14-19)24(34)18-8-12-32(13-9-18)25(35)28(4)10-11-28/h6-7,14,18,20,23H,8-13,15-17H2,1-5H3/t20-,23+/m1/s1. The fourth-order valence-electron chi connectivity index (χ4n) is 5.32. The van der Waals surface area contributed by atoms with Gasteiger partial charge in [-0.3, -0.25) is 9.59 Å². The Labute approximate surface area is 230 Å². The van der Waals surface area contributed by atoms with Crippen LogP contribution in [0.2, 0.25) is 10.0 Å². The summed E-state index contributed by atoms with van der Waals surface area (Å²) in [6.07, 6.45) is 2.86. The number of piperidine rings is 1. The Morgan fingerprint density at radius 3 is 2.27 bits per heavy atom. The van der Waals surface area contributed by atoms with Crippen molar-refractivity contribution in [3.8, 4) is 0 Å². The van der Waals surface area contributed by atoms with Gasteiger partial charge >= 0.3 is 6.09 Å². The second-order valence-corrected chi connectivity index (χ2v) is 13.3. The summed E-state index contributed by atoms with van der Waals surface area (Å²) in [5.74, 6) is 0.0771. The van der Waals surface area contributed by atoms with Gasteiger partial charge in [0.05, 0.1) is 22.7 Å². The lowest BCUT2D eigenvalue weighted by molar-refractivity contribution is -0.142. The van der Waals surface area contributed by atoms with Gasteiger partial charge in [-0.25, -0.2) is 4.79 Å². The molecule has 0 radical (unpaired) electrons. The van der Waals surface area contributed by atoms with E-state index in [1.807, 2.05) is 49.6 Å². The minimum absolute atomic E-state index is 0.0914. The van der Waals surface area contributed by atoms with Crippen LogP contribution in [0.15, 0.2) is 18.2 Å². The second-order valence-electron chi connectivity index (χ2n) is 12.4. The Hall–Kier alpha value is -1.99. The van der Waals surface area contributed by atoms with Gasteiger partial charge in [0.25, 0.3) is 0 Å². The maximum absolute atomic E-state index is 13.6. The van der Waals surface area contributed by atoms with Crippen molar-refractivity contribution in [2.24, 2.45) is 16.7 Å². The molecule has 7 nitrogen and oxygen atoms in total. The molecular formula is C28H39Cl2N3O4. The maximum Gasteiger partial charge on any atom is 0.409 e. The van der Waals surface area contributed by atoms with Crippen molar-refractivity contribution < 1.29 is 19.1 Å². The lowest BCUT2D eigenvalue weighted by Crippen LogP contribution is -2.46. The molecule has 2 atom stereocenters. The number of nitrogens with zero attached hydrogens (tertiary/aromatic N) is 3. The van der Waals surface area contributed by atoms with Crippen molar-refractivity contribution >= 4 is 41.1 Å². The summed E-state index contributed by atoms with van der Waals surface area (Å²) in [7, 11) is 1.73. The van der Waals surface area contributed by atoms with E-state index in [1.165, 1.54) is 0 Å². The van der Waals surface area contributed by atoms with Crippen LogP contribution in [0.5, 0.6) is 0 Å². The fourth-order valence-corrected chi connectivity index (χ4v) is 5.62. The lowest BCUT2D eigenvalue weighted by Gasteiger charge is -2.34. The highest BCUT2D eigenvalue weighted by Crippen LogP contribution is 2.47. The summed E-state index contributed by atoms with van der Waals surface area (Å²) < 4.78 is 5.59. The quantitative estimate of drug-likeness (QED) is 0.488. The second kappa shape index (κ2) is 10.6. The summed E-state index contributed by atoms with van der Waals surface area (Å²) in [4.78, 5) is 44.7. The fraction of sp³-hybridized carbons (Fsp3) is 0.679. The zero-order valence-electron chi connectivity index (χ0n) is 22.6. The van der Waals surface area contributed by atoms with Gasteiger partial charge in [-0.1, -0.05) is 57.0 Å². The average Bonchev–Trinajstić information content (AvgIpc) is 3.46. The molecule has 0 aromatic heterocycles. The zero-order valence-corrected chi connectivity index (χ0v) is 24.1. The number of hydrogen-bond acceptors (Lipinski definition) is 4. The van der Waals surface area contributed by atoms with Gasteiger partial charge in [-0.2, -0.15) is 0 Å². The van der Waals surface area contributed by atoms with Crippen LogP contribution in [0.25, 0.3) is 0 Å². The third-order valence-corrected chi connectivity index (χ3v) is 8.77. The number of rotatable bonds is 5. The van der Waals surface area contributed by atoms with Gasteiger partial charge in [-0.05, 0) is 48.8 Å². The van der Waals surface area contributed by atoms with Crippen LogP contribution < -0.4 is 0 Å². The Bertz CT molecular complexity index is 1040. The van der Waals surface area contributed by atoms with E-state index in [0.717, 1.165) is 18.4 Å². The molecule has 0 spiro atoms. The van der Waals surface area contributed by atoms with Crippen molar-refractivity contribution in [1.82, 2.24) is 14.7 Å². The molecule has 1 saturated carbocycles. The Kier molecular flexibility index (Phi) is 8.06. The average molecular weight is 553 g/mol. The van der Waals surface area contributed by atoms with Gasteiger partial charge in [0, 0.05) is 50.5 Å². The summed E-state index contributed by atoms with van der Waals surface area (Å²) in [6.45, 7) is 10.5. The molecule has 1 aromatic carbocycles. The van der Waals surface area contributed by atoms with Crippen LogP contribution in [0.4, 0.5) is 4.79 Å². The molecule has 204 valence electrons. The third kappa shape index (κ3) is 6.36. The number of carbonyl (C=O) groups excluding carboxylic acids is 3. The van der Waals surface area contributed by atoms with Crippen molar-refractivity contribution in [2.75, 3.05) is 39.8 Å². The number of hydrogen-bond donors (Lipinski definition) is 0. The molecule has 1 aromatic rings. The first-order valence-electron chi connectivity index (χ1n) is 13.2. The smallest absolute Gasteiger partial charge is 0.409 e. The van der Waals surface area contributed by atoms with E-state index in [4.69, 9.17) is 27.9 Å². The summed E-state index contributed by atoms with van der Waals surface area (Å²) >= 11 is 12.5. The molecule has 0 unspecified atom stereocenters. The van der Waals surface area contributed by atoms with Gasteiger partial charge in [0.1, 0.15) is 0 Å². The highest BCUT2D eigenvalue weighted by atomic mass is 35.5. The number of benzene rings is 1. The molecule has 2 saturated heterocycles. The lowest BCUT2D eigenvalue weighted by atomic mass is 9.93. The van der Waals surface area contributed by atoms with E-state index in [0.29, 0.717) is 55.7 Å². The largest absolute Gasteiger partial charge is 0.449 e.